The molecule has 0 atom stereocenters. The molecule has 0 saturated carbocycles. The predicted molar refractivity (Wildman–Crippen MR) is 76.2 cm³/mol. The zero-order chi connectivity index (χ0) is 13.7. The number of rotatable bonds is 5. The van der Waals surface area contributed by atoms with Gasteiger partial charge in [-0.05, 0) is 36.8 Å². The maximum absolute atomic E-state index is 10.6. The molecule has 0 heterocycles. The Kier molecular flexibility index (Phi) is 4.98. The SMILES string of the molecule is C=C(C)CN(C)c1ccc(Cl)cc1/C=C/C(=O)O. The van der Waals surface area contributed by atoms with E-state index in [0.29, 0.717) is 11.6 Å². The smallest absolute Gasteiger partial charge is 0.328 e. The van der Waals surface area contributed by atoms with E-state index in [2.05, 4.69) is 6.58 Å². The van der Waals surface area contributed by atoms with Gasteiger partial charge in [0.1, 0.15) is 0 Å². The Bertz CT molecular complexity index is 495. The van der Waals surface area contributed by atoms with Crippen LogP contribution in [0.4, 0.5) is 5.69 Å². The Balaban J connectivity index is 3.10. The van der Waals surface area contributed by atoms with Crippen LogP contribution in [0.25, 0.3) is 6.08 Å². The van der Waals surface area contributed by atoms with E-state index in [4.69, 9.17) is 16.7 Å². The first kappa shape index (κ1) is 14.3. The highest BCUT2D eigenvalue weighted by Crippen LogP contribution is 2.25. The molecule has 0 radical (unpaired) electrons. The molecule has 3 nitrogen and oxygen atoms in total. The minimum absolute atomic E-state index is 0.576. The molecule has 0 aromatic heterocycles. The van der Waals surface area contributed by atoms with Gasteiger partial charge in [-0.1, -0.05) is 23.8 Å². The monoisotopic (exact) mass is 265 g/mol. The van der Waals surface area contributed by atoms with Gasteiger partial charge in [0.05, 0.1) is 0 Å². The van der Waals surface area contributed by atoms with Gasteiger partial charge in [0.25, 0.3) is 0 Å². The van der Waals surface area contributed by atoms with Crippen molar-refractivity contribution >= 4 is 29.3 Å². The van der Waals surface area contributed by atoms with Crippen LogP contribution in [0.15, 0.2) is 36.4 Å². The van der Waals surface area contributed by atoms with E-state index in [1.165, 1.54) is 0 Å². The van der Waals surface area contributed by atoms with E-state index in [9.17, 15) is 4.79 Å². The molecular formula is C14H16ClNO2. The Morgan fingerprint density at radius 3 is 2.78 bits per heavy atom. The molecule has 0 amide bonds. The average Bonchev–Trinajstić information content (AvgIpc) is 2.25. The van der Waals surface area contributed by atoms with E-state index < -0.39 is 5.97 Å². The molecule has 18 heavy (non-hydrogen) atoms. The summed E-state index contributed by atoms with van der Waals surface area (Å²) in [6.07, 6.45) is 2.64. The fourth-order valence-electron chi connectivity index (χ4n) is 1.66. The fraction of sp³-hybridized carbons (Fsp3) is 0.214. The minimum atomic E-state index is -0.983. The maximum Gasteiger partial charge on any atom is 0.328 e. The van der Waals surface area contributed by atoms with Crippen LogP contribution in [-0.2, 0) is 4.79 Å². The molecule has 0 aliphatic heterocycles. The molecule has 96 valence electrons. The summed E-state index contributed by atoms with van der Waals surface area (Å²) in [7, 11) is 1.93. The van der Waals surface area contributed by atoms with Gasteiger partial charge < -0.3 is 10.0 Å². The second kappa shape index (κ2) is 6.26. The van der Waals surface area contributed by atoms with Crippen molar-refractivity contribution in [1.82, 2.24) is 0 Å². The number of halogens is 1. The molecule has 0 bridgehead atoms. The molecule has 1 rings (SSSR count). The van der Waals surface area contributed by atoms with Crippen molar-refractivity contribution in [2.75, 3.05) is 18.5 Å². The lowest BCUT2D eigenvalue weighted by Crippen LogP contribution is -2.19. The van der Waals surface area contributed by atoms with Crippen molar-refractivity contribution < 1.29 is 9.90 Å². The second-order valence-corrected chi connectivity index (χ2v) is 4.62. The summed E-state index contributed by atoms with van der Waals surface area (Å²) in [5.74, 6) is -0.983. The third kappa shape index (κ3) is 4.26. The van der Waals surface area contributed by atoms with E-state index >= 15 is 0 Å². The Labute approximate surface area is 112 Å². The van der Waals surface area contributed by atoms with Crippen LogP contribution in [-0.4, -0.2) is 24.7 Å². The highest BCUT2D eigenvalue weighted by Gasteiger charge is 2.06. The number of aliphatic carboxylic acids is 1. The lowest BCUT2D eigenvalue weighted by Gasteiger charge is -2.21. The van der Waals surface area contributed by atoms with Crippen LogP contribution in [0.1, 0.15) is 12.5 Å². The van der Waals surface area contributed by atoms with Crippen LogP contribution in [0, 0.1) is 0 Å². The number of likely N-dealkylation sites (N-methyl/N-ethyl adjacent to an activating group) is 1. The Morgan fingerprint density at radius 2 is 2.22 bits per heavy atom. The number of anilines is 1. The van der Waals surface area contributed by atoms with E-state index in [-0.39, 0.29) is 0 Å². The van der Waals surface area contributed by atoms with Crippen molar-refractivity contribution in [2.24, 2.45) is 0 Å². The fourth-order valence-corrected chi connectivity index (χ4v) is 1.84. The predicted octanol–water partition coefficient (Wildman–Crippen LogP) is 3.45. The normalized spacial score (nSPS) is 10.6. The van der Waals surface area contributed by atoms with Crippen LogP contribution < -0.4 is 4.90 Å². The summed E-state index contributed by atoms with van der Waals surface area (Å²) in [5, 5.41) is 9.25. The summed E-state index contributed by atoms with van der Waals surface area (Å²) in [6.45, 7) is 6.51. The van der Waals surface area contributed by atoms with Crippen LogP contribution in [0.3, 0.4) is 0 Å². The van der Waals surface area contributed by atoms with Gasteiger partial charge in [-0.25, -0.2) is 4.79 Å². The van der Waals surface area contributed by atoms with Gasteiger partial charge in [-0.3, -0.25) is 0 Å². The van der Waals surface area contributed by atoms with Crippen molar-refractivity contribution in [1.29, 1.82) is 0 Å². The molecule has 1 N–H and O–H groups in total. The van der Waals surface area contributed by atoms with Crippen LogP contribution in [0.5, 0.6) is 0 Å². The van der Waals surface area contributed by atoms with Crippen LogP contribution in [0.2, 0.25) is 5.02 Å². The molecule has 0 fully saturated rings. The Morgan fingerprint density at radius 1 is 1.56 bits per heavy atom. The van der Waals surface area contributed by atoms with Crippen LogP contribution >= 0.6 is 11.6 Å². The van der Waals surface area contributed by atoms with Gasteiger partial charge in [-0.15, -0.1) is 0 Å². The lowest BCUT2D eigenvalue weighted by atomic mass is 10.1. The van der Waals surface area contributed by atoms with Crippen molar-refractivity contribution in [2.45, 2.75) is 6.92 Å². The number of benzene rings is 1. The highest BCUT2D eigenvalue weighted by atomic mass is 35.5. The number of nitrogens with zero attached hydrogens (tertiary/aromatic N) is 1. The highest BCUT2D eigenvalue weighted by molar-refractivity contribution is 6.30. The zero-order valence-electron chi connectivity index (χ0n) is 10.5. The molecular weight excluding hydrogens is 250 g/mol. The van der Waals surface area contributed by atoms with Gasteiger partial charge in [0.2, 0.25) is 0 Å². The van der Waals surface area contributed by atoms with Gasteiger partial charge in [-0.2, -0.15) is 0 Å². The summed E-state index contributed by atoms with van der Waals surface area (Å²) >= 11 is 5.93. The average molecular weight is 266 g/mol. The summed E-state index contributed by atoms with van der Waals surface area (Å²) in [6, 6.07) is 5.39. The molecule has 0 spiro atoms. The second-order valence-electron chi connectivity index (χ2n) is 4.19. The number of hydrogen-bond acceptors (Lipinski definition) is 2. The van der Waals surface area contributed by atoms with E-state index in [1.54, 1.807) is 18.2 Å². The standard InChI is InChI=1S/C14H16ClNO2/c1-10(2)9-16(3)13-6-5-12(15)8-11(13)4-7-14(17)18/h4-8H,1,9H2,2-3H3,(H,17,18)/b7-4+. The molecule has 1 aromatic rings. The number of hydrogen-bond donors (Lipinski definition) is 1. The van der Waals surface area contributed by atoms with Gasteiger partial charge in [0, 0.05) is 30.4 Å². The third-order valence-electron chi connectivity index (χ3n) is 2.31. The minimum Gasteiger partial charge on any atom is -0.478 e. The number of carbonyl (C=O) groups is 1. The molecule has 0 aliphatic rings. The summed E-state index contributed by atoms with van der Waals surface area (Å²) in [4.78, 5) is 12.6. The first-order valence-electron chi connectivity index (χ1n) is 5.46. The Hall–Kier alpha value is -1.74. The number of carboxylic acid groups (broad SMARTS) is 1. The summed E-state index contributed by atoms with van der Waals surface area (Å²) < 4.78 is 0. The molecule has 0 saturated heterocycles. The van der Waals surface area contributed by atoms with E-state index in [0.717, 1.165) is 22.9 Å². The topological polar surface area (TPSA) is 40.5 Å². The van der Waals surface area contributed by atoms with Crippen molar-refractivity contribution in [3.63, 3.8) is 0 Å². The number of carboxylic acids is 1. The molecule has 0 unspecified atom stereocenters. The first-order chi connectivity index (χ1) is 8.40. The molecule has 1 aromatic carbocycles. The maximum atomic E-state index is 10.6. The largest absolute Gasteiger partial charge is 0.478 e. The molecule has 4 heteroatoms. The van der Waals surface area contributed by atoms with Crippen molar-refractivity contribution in [3.05, 3.63) is 47.0 Å². The zero-order valence-corrected chi connectivity index (χ0v) is 11.2. The van der Waals surface area contributed by atoms with Gasteiger partial charge in [0.15, 0.2) is 0 Å². The van der Waals surface area contributed by atoms with E-state index in [1.807, 2.05) is 24.9 Å². The first-order valence-corrected chi connectivity index (χ1v) is 5.84. The third-order valence-corrected chi connectivity index (χ3v) is 2.55. The lowest BCUT2D eigenvalue weighted by molar-refractivity contribution is -0.131. The van der Waals surface area contributed by atoms with Crippen molar-refractivity contribution in [3.8, 4) is 0 Å². The van der Waals surface area contributed by atoms with Gasteiger partial charge >= 0.3 is 5.97 Å². The quantitative estimate of drug-likeness (QED) is 0.655. The molecule has 0 aliphatic carbocycles. The summed E-state index contributed by atoms with van der Waals surface area (Å²) in [5.41, 5.74) is 2.72.